The van der Waals surface area contributed by atoms with Crippen LogP contribution in [0.2, 0.25) is 0 Å². The zero-order valence-corrected chi connectivity index (χ0v) is 19.8. The van der Waals surface area contributed by atoms with Gasteiger partial charge in [-0.2, -0.15) is 0 Å². The SMILES string of the molecule is CCc1ccc(NC2NC(=O)/C(=C/c3ccc(OCc4ccccc4F)c(Br)c3)S2)cc1. The molecule has 2 N–H and O–H groups in total. The largest absolute Gasteiger partial charge is 0.488 e. The monoisotopic (exact) mass is 512 g/mol. The van der Waals surface area contributed by atoms with Gasteiger partial charge in [-0.25, -0.2) is 4.39 Å². The standard InChI is InChI=1S/C25H22BrFN2O2S/c1-2-16-7-10-19(11-8-16)28-25-29-24(30)23(32-25)14-17-9-12-22(20(26)13-17)31-15-18-5-3-4-6-21(18)27/h3-14,25,28H,2,15H2,1H3,(H,29,30)/b23-14-. The summed E-state index contributed by atoms with van der Waals surface area (Å²) in [5, 5.41) is 6.27. The predicted molar refractivity (Wildman–Crippen MR) is 132 cm³/mol. The summed E-state index contributed by atoms with van der Waals surface area (Å²) in [6.45, 7) is 2.25. The molecule has 3 aromatic carbocycles. The van der Waals surface area contributed by atoms with Crippen LogP contribution in [0.15, 0.2) is 76.1 Å². The first kappa shape index (κ1) is 22.4. The maximum atomic E-state index is 13.8. The average molecular weight is 513 g/mol. The van der Waals surface area contributed by atoms with Gasteiger partial charge in [-0.05, 0) is 69.9 Å². The quantitative estimate of drug-likeness (QED) is 0.363. The van der Waals surface area contributed by atoms with Crippen LogP contribution in [0.4, 0.5) is 10.1 Å². The van der Waals surface area contributed by atoms with Gasteiger partial charge in [-0.15, -0.1) is 0 Å². The van der Waals surface area contributed by atoms with E-state index in [0.717, 1.165) is 22.1 Å². The van der Waals surface area contributed by atoms with Gasteiger partial charge in [0.2, 0.25) is 0 Å². The molecule has 1 heterocycles. The first-order valence-corrected chi connectivity index (χ1v) is 11.9. The van der Waals surface area contributed by atoms with Crippen LogP contribution >= 0.6 is 27.7 Å². The molecule has 0 saturated carbocycles. The third-order valence-corrected chi connectivity index (χ3v) is 6.63. The van der Waals surface area contributed by atoms with Crippen LogP contribution in [-0.4, -0.2) is 11.4 Å². The van der Waals surface area contributed by atoms with Crippen LogP contribution in [0.1, 0.15) is 23.6 Å². The van der Waals surface area contributed by atoms with Crippen LogP contribution in [0.3, 0.4) is 0 Å². The Morgan fingerprint density at radius 1 is 1.16 bits per heavy atom. The fourth-order valence-corrected chi connectivity index (χ4v) is 4.70. The number of ether oxygens (including phenoxy) is 1. The summed E-state index contributed by atoms with van der Waals surface area (Å²) < 4.78 is 20.3. The van der Waals surface area contributed by atoms with Gasteiger partial charge < -0.3 is 15.4 Å². The van der Waals surface area contributed by atoms with Crippen molar-refractivity contribution in [1.82, 2.24) is 5.32 Å². The molecule has 1 aliphatic rings. The molecule has 7 heteroatoms. The van der Waals surface area contributed by atoms with E-state index in [-0.39, 0.29) is 23.8 Å². The van der Waals surface area contributed by atoms with E-state index in [4.69, 9.17) is 4.74 Å². The Morgan fingerprint density at radius 2 is 1.94 bits per heavy atom. The molecule has 32 heavy (non-hydrogen) atoms. The van der Waals surface area contributed by atoms with E-state index < -0.39 is 0 Å². The lowest BCUT2D eigenvalue weighted by atomic mass is 10.1. The van der Waals surface area contributed by atoms with Gasteiger partial charge in [-0.3, -0.25) is 4.79 Å². The molecule has 4 nitrogen and oxygen atoms in total. The van der Waals surface area contributed by atoms with Crippen molar-refractivity contribution in [2.45, 2.75) is 25.4 Å². The second-order valence-corrected chi connectivity index (χ2v) is 9.25. The van der Waals surface area contributed by atoms with E-state index in [0.29, 0.717) is 16.2 Å². The summed E-state index contributed by atoms with van der Waals surface area (Å²) >= 11 is 4.94. The van der Waals surface area contributed by atoms with Crippen molar-refractivity contribution >= 4 is 45.4 Å². The van der Waals surface area contributed by atoms with Crippen LogP contribution in [0.5, 0.6) is 5.75 Å². The number of carbonyl (C=O) groups excluding carboxylic acids is 1. The fraction of sp³-hybridized carbons (Fsp3) is 0.160. The number of carbonyl (C=O) groups is 1. The van der Waals surface area contributed by atoms with Crippen molar-refractivity contribution in [2.24, 2.45) is 0 Å². The van der Waals surface area contributed by atoms with E-state index >= 15 is 0 Å². The van der Waals surface area contributed by atoms with Crippen LogP contribution in [-0.2, 0) is 17.8 Å². The molecule has 4 rings (SSSR count). The highest BCUT2D eigenvalue weighted by Crippen LogP contribution is 2.33. The Balaban J connectivity index is 1.40. The van der Waals surface area contributed by atoms with E-state index in [9.17, 15) is 9.18 Å². The minimum atomic E-state index is -0.293. The normalized spacial score (nSPS) is 16.8. The molecule has 3 aromatic rings. The second-order valence-electron chi connectivity index (χ2n) is 7.24. The van der Waals surface area contributed by atoms with Crippen molar-refractivity contribution in [3.8, 4) is 5.75 Å². The number of aryl methyl sites for hydroxylation is 1. The first-order chi connectivity index (χ1) is 15.5. The van der Waals surface area contributed by atoms with Gasteiger partial charge in [0.1, 0.15) is 18.2 Å². The van der Waals surface area contributed by atoms with Crippen LogP contribution in [0, 0.1) is 5.82 Å². The number of anilines is 1. The Kier molecular flexibility index (Phi) is 7.17. The summed E-state index contributed by atoms with van der Waals surface area (Å²) in [6.07, 6.45) is 2.83. The molecular weight excluding hydrogens is 491 g/mol. The average Bonchev–Trinajstić information content (AvgIpc) is 3.13. The highest BCUT2D eigenvalue weighted by Gasteiger charge is 2.27. The number of halogens is 2. The molecule has 0 spiro atoms. The molecular formula is C25H22BrFN2O2S. The molecule has 1 fully saturated rings. The molecule has 1 amide bonds. The Bertz CT molecular complexity index is 1150. The van der Waals surface area contributed by atoms with Crippen molar-refractivity contribution in [3.05, 3.63) is 98.6 Å². The summed E-state index contributed by atoms with van der Waals surface area (Å²) in [4.78, 5) is 13.0. The Hall–Kier alpha value is -2.77. The van der Waals surface area contributed by atoms with E-state index in [2.05, 4.69) is 45.6 Å². The van der Waals surface area contributed by atoms with Gasteiger partial charge in [0.25, 0.3) is 5.91 Å². The third-order valence-electron chi connectivity index (χ3n) is 4.99. The summed E-state index contributed by atoms with van der Waals surface area (Å²) in [6, 6.07) is 20.3. The Labute approximate surface area is 199 Å². The number of benzene rings is 3. The smallest absolute Gasteiger partial charge is 0.260 e. The Morgan fingerprint density at radius 3 is 2.66 bits per heavy atom. The molecule has 1 saturated heterocycles. The number of amides is 1. The minimum absolute atomic E-state index is 0.117. The zero-order chi connectivity index (χ0) is 22.5. The fourth-order valence-electron chi connectivity index (χ4n) is 3.20. The van der Waals surface area contributed by atoms with Gasteiger partial charge in [0, 0.05) is 11.3 Å². The molecule has 0 aromatic heterocycles. The molecule has 1 unspecified atom stereocenters. The van der Waals surface area contributed by atoms with Gasteiger partial charge in [0.15, 0.2) is 5.50 Å². The van der Waals surface area contributed by atoms with E-state index in [1.807, 2.05) is 30.3 Å². The lowest BCUT2D eigenvalue weighted by Gasteiger charge is -2.12. The topological polar surface area (TPSA) is 50.4 Å². The molecule has 0 radical (unpaired) electrons. The zero-order valence-electron chi connectivity index (χ0n) is 17.4. The maximum absolute atomic E-state index is 13.8. The van der Waals surface area contributed by atoms with Crippen molar-refractivity contribution in [3.63, 3.8) is 0 Å². The summed E-state index contributed by atoms with van der Waals surface area (Å²) in [5.74, 6) is 0.196. The minimum Gasteiger partial charge on any atom is -0.488 e. The number of nitrogens with one attached hydrogen (secondary N) is 2. The number of hydrogen-bond acceptors (Lipinski definition) is 4. The van der Waals surface area contributed by atoms with Crippen LogP contribution < -0.4 is 15.4 Å². The van der Waals surface area contributed by atoms with Gasteiger partial charge in [0.05, 0.1) is 9.38 Å². The van der Waals surface area contributed by atoms with Crippen molar-refractivity contribution in [1.29, 1.82) is 0 Å². The number of hydrogen-bond donors (Lipinski definition) is 2. The van der Waals surface area contributed by atoms with E-state index in [1.165, 1.54) is 23.4 Å². The van der Waals surface area contributed by atoms with Crippen molar-refractivity contribution < 1.29 is 13.9 Å². The lowest BCUT2D eigenvalue weighted by Crippen LogP contribution is -2.30. The summed E-state index contributed by atoms with van der Waals surface area (Å²) in [7, 11) is 0. The predicted octanol–water partition coefficient (Wildman–Crippen LogP) is 6.33. The van der Waals surface area contributed by atoms with Crippen molar-refractivity contribution in [2.75, 3.05) is 5.32 Å². The van der Waals surface area contributed by atoms with Gasteiger partial charge in [-0.1, -0.05) is 55.1 Å². The molecule has 0 bridgehead atoms. The molecule has 0 aliphatic carbocycles. The summed E-state index contributed by atoms with van der Waals surface area (Å²) in [5.41, 5.74) is 3.35. The molecule has 1 atom stereocenters. The van der Waals surface area contributed by atoms with E-state index in [1.54, 1.807) is 24.3 Å². The lowest BCUT2D eigenvalue weighted by molar-refractivity contribution is -0.116. The number of rotatable bonds is 7. The highest BCUT2D eigenvalue weighted by atomic mass is 79.9. The first-order valence-electron chi connectivity index (χ1n) is 10.2. The van der Waals surface area contributed by atoms with Gasteiger partial charge >= 0.3 is 0 Å². The number of thioether (sulfide) groups is 1. The molecule has 1 aliphatic heterocycles. The molecule has 164 valence electrons. The maximum Gasteiger partial charge on any atom is 0.260 e. The highest BCUT2D eigenvalue weighted by molar-refractivity contribution is 9.10. The van der Waals surface area contributed by atoms with Crippen LogP contribution in [0.25, 0.3) is 6.08 Å². The third kappa shape index (κ3) is 5.53. The second kappa shape index (κ2) is 10.2.